The zero-order valence-electron chi connectivity index (χ0n) is 13.5. The molecule has 0 aliphatic carbocycles. The quantitative estimate of drug-likeness (QED) is 0.742. The van der Waals surface area contributed by atoms with Crippen molar-refractivity contribution in [3.8, 4) is 0 Å². The van der Waals surface area contributed by atoms with Gasteiger partial charge in [-0.25, -0.2) is 14.5 Å². The van der Waals surface area contributed by atoms with E-state index < -0.39 is 0 Å². The molecule has 0 bridgehead atoms. The van der Waals surface area contributed by atoms with Crippen LogP contribution in [0.5, 0.6) is 0 Å². The first-order valence-corrected chi connectivity index (χ1v) is 7.27. The third kappa shape index (κ3) is 3.03. The molecule has 0 saturated heterocycles. The van der Waals surface area contributed by atoms with E-state index in [2.05, 4.69) is 30.5 Å². The Morgan fingerprint density at radius 1 is 1.35 bits per heavy atom. The molecule has 0 aliphatic heterocycles. The van der Waals surface area contributed by atoms with Crippen LogP contribution < -0.4 is 5.32 Å². The number of fused-ring (bicyclic) bond motifs is 1. The SMILES string of the molecule is Cc1cc(C)n2nc(CC(=O)NC(C)c3ncnn3C)nc2n1. The zero-order valence-corrected chi connectivity index (χ0v) is 13.5. The molecule has 1 amide bonds. The molecule has 1 N–H and O–H groups in total. The molecule has 0 saturated carbocycles. The lowest BCUT2D eigenvalue weighted by molar-refractivity contribution is -0.121. The monoisotopic (exact) mass is 314 g/mol. The van der Waals surface area contributed by atoms with E-state index in [0.29, 0.717) is 17.4 Å². The third-order valence-electron chi connectivity index (χ3n) is 3.49. The van der Waals surface area contributed by atoms with Crippen LogP contribution in [0.15, 0.2) is 12.4 Å². The van der Waals surface area contributed by atoms with Crippen molar-refractivity contribution >= 4 is 11.7 Å². The van der Waals surface area contributed by atoms with Crippen LogP contribution in [-0.2, 0) is 18.3 Å². The molecule has 23 heavy (non-hydrogen) atoms. The van der Waals surface area contributed by atoms with Gasteiger partial charge in [-0.3, -0.25) is 9.48 Å². The number of hydrogen-bond acceptors (Lipinski definition) is 6. The first-order valence-electron chi connectivity index (χ1n) is 7.27. The number of amides is 1. The molecule has 120 valence electrons. The summed E-state index contributed by atoms with van der Waals surface area (Å²) in [6.45, 7) is 5.68. The Bertz CT molecular complexity index is 865. The molecule has 0 spiro atoms. The number of carbonyl (C=O) groups is 1. The summed E-state index contributed by atoms with van der Waals surface area (Å²) in [4.78, 5) is 24.9. The summed E-state index contributed by atoms with van der Waals surface area (Å²) in [7, 11) is 1.78. The third-order valence-corrected chi connectivity index (χ3v) is 3.49. The average molecular weight is 314 g/mol. The Morgan fingerprint density at radius 2 is 2.13 bits per heavy atom. The van der Waals surface area contributed by atoms with Gasteiger partial charge in [0, 0.05) is 18.4 Å². The average Bonchev–Trinajstić information content (AvgIpc) is 3.04. The Morgan fingerprint density at radius 3 is 2.83 bits per heavy atom. The number of nitrogens with zero attached hydrogens (tertiary/aromatic N) is 7. The van der Waals surface area contributed by atoms with E-state index in [1.54, 1.807) is 16.2 Å². The summed E-state index contributed by atoms with van der Waals surface area (Å²) in [6.07, 6.45) is 1.54. The van der Waals surface area contributed by atoms with Crippen molar-refractivity contribution in [3.63, 3.8) is 0 Å². The van der Waals surface area contributed by atoms with Crippen molar-refractivity contribution in [1.82, 2.24) is 39.7 Å². The number of rotatable bonds is 4. The number of hydrogen-bond donors (Lipinski definition) is 1. The number of aromatic nitrogens is 7. The normalized spacial score (nSPS) is 12.5. The topological polar surface area (TPSA) is 103 Å². The van der Waals surface area contributed by atoms with Crippen molar-refractivity contribution in [1.29, 1.82) is 0 Å². The van der Waals surface area contributed by atoms with E-state index in [1.165, 1.54) is 6.33 Å². The van der Waals surface area contributed by atoms with E-state index in [0.717, 1.165) is 11.4 Å². The maximum Gasteiger partial charge on any atom is 0.252 e. The van der Waals surface area contributed by atoms with Gasteiger partial charge in [-0.15, -0.1) is 5.10 Å². The van der Waals surface area contributed by atoms with Gasteiger partial charge in [-0.05, 0) is 26.8 Å². The fourth-order valence-corrected chi connectivity index (χ4v) is 2.48. The van der Waals surface area contributed by atoms with E-state index in [9.17, 15) is 4.79 Å². The fraction of sp³-hybridized carbons (Fsp3) is 0.429. The molecule has 3 heterocycles. The van der Waals surface area contributed by atoms with Gasteiger partial charge in [-0.1, -0.05) is 0 Å². The highest BCUT2D eigenvalue weighted by atomic mass is 16.1. The second-order valence-corrected chi connectivity index (χ2v) is 5.49. The van der Waals surface area contributed by atoms with Gasteiger partial charge in [0.2, 0.25) is 5.91 Å². The molecule has 3 rings (SSSR count). The summed E-state index contributed by atoms with van der Waals surface area (Å²) in [6, 6.07) is 1.68. The molecule has 0 fully saturated rings. The summed E-state index contributed by atoms with van der Waals surface area (Å²) in [5.74, 6) is 1.46. The Labute approximate surface area is 132 Å². The number of aryl methyl sites for hydroxylation is 3. The van der Waals surface area contributed by atoms with Gasteiger partial charge < -0.3 is 5.32 Å². The largest absolute Gasteiger partial charge is 0.346 e. The van der Waals surface area contributed by atoms with Gasteiger partial charge in [-0.2, -0.15) is 10.1 Å². The van der Waals surface area contributed by atoms with Crippen molar-refractivity contribution < 1.29 is 4.79 Å². The van der Waals surface area contributed by atoms with Crippen molar-refractivity contribution in [2.75, 3.05) is 0 Å². The predicted molar refractivity (Wildman–Crippen MR) is 81.5 cm³/mol. The lowest BCUT2D eigenvalue weighted by atomic mass is 10.3. The lowest BCUT2D eigenvalue weighted by Gasteiger charge is -2.11. The van der Waals surface area contributed by atoms with E-state index >= 15 is 0 Å². The van der Waals surface area contributed by atoms with E-state index in [-0.39, 0.29) is 18.4 Å². The molecular formula is C14H18N8O. The maximum absolute atomic E-state index is 12.2. The van der Waals surface area contributed by atoms with Crippen LogP contribution in [0.3, 0.4) is 0 Å². The lowest BCUT2D eigenvalue weighted by Crippen LogP contribution is -2.30. The minimum absolute atomic E-state index is 0.0873. The minimum atomic E-state index is -0.242. The van der Waals surface area contributed by atoms with Crippen molar-refractivity contribution in [2.45, 2.75) is 33.2 Å². The van der Waals surface area contributed by atoms with Crippen LogP contribution in [0.1, 0.15) is 36.0 Å². The molecule has 3 aromatic heterocycles. The highest BCUT2D eigenvalue weighted by Gasteiger charge is 2.16. The molecule has 1 atom stereocenters. The van der Waals surface area contributed by atoms with Crippen molar-refractivity contribution in [3.05, 3.63) is 35.4 Å². The van der Waals surface area contributed by atoms with Gasteiger partial charge in [0.05, 0.1) is 12.5 Å². The summed E-state index contributed by atoms with van der Waals surface area (Å²) in [5, 5.41) is 11.2. The summed E-state index contributed by atoms with van der Waals surface area (Å²) in [5.41, 5.74) is 1.80. The van der Waals surface area contributed by atoms with Crippen LogP contribution in [0.2, 0.25) is 0 Å². The highest BCUT2D eigenvalue weighted by molar-refractivity contribution is 5.78. The number of carbonyl (C=O) groups excluding carboxylic acids is 1. The van der Waals surface area contributed by atoms with Crippen molar-refractivity contribution in [2.24, 2.45) is 7.05 Å². The second kappa shape index (κ2) is 5.75. The molecule has 3 aromatic rings. The predicted octanol–water partition coefficient (Wildman–Crippen LogP) is 0.290. The standard InChI is InChI=1S/C14H18N8O/c1-8-5-9(2)22-14(17-8)19-11(20-22)6-12(23)18-10(3)13-15-7-16-21(13)4/h5,7,10H,6H2,1-4H3,(H,18,23). The minimum Gasteiger partial charge on any atom is -0.346 e. The van der Waals surface area contributed by atoms with Crippen LogP contribution >= 0.6 is 0 Å². The van der Waals surface area contributed by atoms with Crippen LogP contribution in [0.25, 0.3) is 5.78 Å². The Kier molecular flexibility index (Phi) is 3.77. The number of nitrogens with one attached hydrogen (secondary N) is 1. The molecule has 9 heteroatoms. The van der Waals surface area contributed by atoms with Crippen LogP contribution in [0.4, 0.5) is 0 Å². The summed E-state index contributed by atoms with van der Waals surface area (Å²) < 4.78 is 3.27. The van der Waals surface area contributed by atoms with Gasteiger partial charge in [0.1, 0.15) is 12.2 Å². The first kappa shape index (κ1) is 15.1. The zero-order chi connectivity index (χ0) is 16.6. The maximum atomic E-state index is 12.2. The van der Waals surface area contributed by atoms with Crippen LogP contribution in [-0.4, -0.2) is 40.3 Å². The molecule has 0 aliphatic rings. The van der Waals surface area contributed by atoms with Gasteiger partial charge in [0.15, 0.2) is 5.82 Å². The first-order chi connectivity index (χ1) is 10.9. The smallest absolute Gasteiger partial charge is 0.252 e. The van der Waals surface area contributed by atoms with Gasteiger partial charge in [0.25, 0.3) is 5.78 Å². The molecule has 0 aromatic carbocycles. The molecule has 9 nitrogen and oxygen atoms in total. The van der Waals surface area contributed by atoms with Gasteiger partial charge >= 0.3 is 0 Å². The summed E-state index contributed by atoms with van der Waals surface area (Å²) >= 11 is 0. The molecule has 0 radical (unpaired) electrons. The highest BCUT2D eigenvalue weighted by Crippen LogP contribution is 2.08. The Balaban J connectivity index is 1.73. The molecule has 1 unspecified atom stereocenters. The van der Waals surface area contributed by atoms with E-state index in [4.69, 9.17) is 0 Å². The second-order valence-electron chi connectivity index (χ2n) is 5.49. The molecular weight excluding hydrogens is 296 g/mol. The fourth-order valence-electron chi connectivity index (χ4n) is 2.48. The van der Waals surface area contributed by atoms with E-state index in [1.807, 2.05) is 26.8 Å². The van der Waals surface area contributed by atoms with Crippen LogP contribution in [0, 0.1) is 13.8 Å². The Hall–Kier alpha value is -2.84.